The zero-order valence-electron chi connectivity index (χ0n) is 10.8. The molecular weight excluding hydrogens is 219 g/mol. The third-order valence-electron chi connectivity index (χ3n) is 3.60. The van der Waals surface area contributed by atoms with Crippen LogP contribution >= 0.6 is 0 Å². The van der Waals surface area contributed by atoms with Crippen molar-refractivity contribution in [3.8, 4) is 6.07 Å². The molecule has 2 fully saturated rings. The van der Waals surface area contributed by atoms with Crippen LogP contribution in [-0.4, -0.2) is 47.0 Å². The van der Waals surface area contributed by atoms with E-state index in [4.69, 9.17) is 14.7 Å². The summed E-state index contributed by atoms with van der Waals surface area (Å²) in [6.07, 6.45) is 0.141. The Kier molecular flexibility index (Phi) is 3.21. The van der Waals surface area contributed by atoms with Crippen LogP contribution in [-0.2, 0) is 9.47 Å². The minimum absolute atomic E-state index is 0.0557. The summed E-state index contributed by atoms with van der Waals surface area (Å²) in [6.45, 7) is 7.49. The summed E-state index contributed by atoms with van der Waals surface area (Å²) < 4.78 is 11.7. The van der Waals surface area contributed by atoms with E-state index in [0.29, 0.717) is 6.42 Å². The normalized spacial score (nSPS) is 40.0. The Hall–Kier alpha value is -0.605. The van der Waals surface area contributed by atoms with Crippen LogP contribution < -0.4 is 0 Å². The van der Waals surface area contributed by atoms with E-state index >= 15 is 0 Å². The quantitative estimate of drug-likeness (QED) is 0.713. The van der Waals surface area contributed by atoms with Crippen LogP contribution in [0.25, 0.3) is 0 Å². The number of ether oxygens (including phenoxy) is 2. The molecule has 2 aliphatic rings. The first-order valence-electron chi connectivity index (χ1n) is 6.05. The molecule has 17 heavy (non-hydrogen) atoms. The third-order valence-corrected chi connectivity index (χ3v) is 3.60. The van der Waals surface area contributed by atoms with Crippen molar-refractivity contribution in [2.45, 2.75) is 64.1 Å². The maximum atomic E-state index is 9.81. The molecule has 2 heterocycles. The number of hydrogen-bond acceptors (Lipinski definition) is 5. The van der Waals surface area contributed by atoms with Crippen molar-refractivity contribution in [2.75, 3.05) is 0 Å². The molecule has 2 aliphatic heterocycles. The molecule has 2 rings (SSSR count). The Morgan fingerprint density at radius 1 is 1.41 bits per heavy atom. The summed E-state index contributed by atoms with van der Waals surface area (Å²) >= 11 is 0. The zero-order chi connectivity index (χ0) is 12.8. The van der Waals surface area contributed by atoms with Crippen molar-refractivity contribution in [3.05, 3.63) is 0 Å². The molecule has 6 heteroatoms. The second kappa shape index (κ2) is 4.25. The van der Waals surface area contributed by atoms with E-state index in [1.807, 2.05) is 25.6 Å². The molecule has 0 saturated carbocycles. The average molecular weight is 238 g/mol. The summed E-state index contributed by atoms with van der Waals surface area (Å²) in [5, 5.41) is 18.7. The lowest BCUT2D eigenvalue weighted by Gasteiger charge is -2.32. The van der Waals surface area contributed by atoms with E-state index in [1.165, 1.54) is 0 Å². The highest BCUT2D eigenvalue weighted by molar-refractivity contribution is 6.45. The third kappa shape index (κ3) is 2.09. The summed E-state index contributed by atoms with van der Waals surface area (Å²) in [6, 6.07) is 2.13. The van der Waals surface area contributed by atoms with Gasteiger partial charge in [0.25, 0.3) is 0 Å². The monoisotopic (exact) mass is 238 g/mol. The topological polar surface area (TPSA) is 65.7 Å². The lowest BCUT2D eigenvalue weighted by atomic mass is 9.82. The highest BCUT2D eigenvalue weighted by Crippen LogP contribution is 2.41. The largest absolute Gasteiger partial charge is 0.437 e. The van der Waals surface area contributed by atoms with E-state index in [1.54, 1.807) is 6.82 Å². The molecule has 0 radical (unpaired) electrons. The molecule has 0 amide bonds. The van der Waals surface area contributed by atoms with Crippen LogP contribution in [0.15, 0.2) is 0 Å². The van der Waals surface area contributed by atoms with Gasteiger partial charge in [0, 0.05) is 12.1 Å². The van der Waals surface area contributed by atoms with Crippen molar-refractivity contribution < 1.29 is 14.5 Å². The molecule has 5 nitrogen and oxygen atoms in total. The first kappa shape index (κ1) is 12.8. The fraction of sp³-hybridized carbons (Fsp3) is 0.909. The fourth-order valence-corrected chi connectivity index (χ4v) is 3.06. The molecule has 0 aromatic heterocycles. The van der Waals surface area contributed by atoms with Gasteiger partial charge in [-0.2, -0.15) is 5.26 Å². The van der Waals surface area contributed by atoms with E-state index < -0.39 is 12.8 Å². The van der Waals surface area contributed by atoms with Crippen molar-refractivity contribution in [1.29, 1.82) is 5.26 Å². The van der Waals surface area contributed by atoms with Gasteiger partial charge < -0.3 is 19.3 Å². The summed E-state index contributed by atoms with van der Waals surface area (Å²) in [5.74, 6) is -0.595. The molecule has 0 aromatic carbocycles. The minimum atomic E-state index is -0.595. The van der Waals surface area contributed by atoms with Gasteiger partial charge in [-0.25, -0.2) is 0 Å². The van der Waals surface area contributed by atoms with Crippen LogP contribution in [0.2, 0.25) is 6.82 Å². The highest BCUT2D eigenvalue weighted by Gasteiger charge is 2.57. The van der Waals surface area contributed by atoms with Crippen LogP contribution in [0.4, 0.5) is 0 Å². The number of nitrogens with zero attached hydrogens (tertiary/aromatic N) is 2. The second-order valence-corrected chi connectivity index (χ2v) is 5.31. The Morgan fingerprint density at radius 3 is 2.53 bits per heavy atom. The predicted octanol–water partition coefficient (Wildman–Crippen LogP) is 0.603. The van der Waals surface area contributed by atoms with E-state index in [-0.39, 0.29) is 24.3 Å². The van der Waals surface area contributed by atoms with E-state index in [0.717, 1.165) is 0 Å². The summed E-state index contributed by atoms with van der Waals surface area (Å²) in [7, 11) is -0.593. The summed E-state index contributed by atoms with van der Waals surface area (Å²) in [5.41, 5.74) is 0. The Bertz CT molecular complexity index is 342. The van der Waals surface area contributed by atoms with Gasteiger partial charge in [0.15, 0.2) is 5.79 Å². The molecule has 4 atom stereocenters. The summed E-state index contributed by atoms with van der Waals surface area (Å²) in [4.78, 5) is 1.91. The van der Waals surface area contributed by atoms with Gasteiger partial charge in [-0.3, -0.25) is 0 Å². The second-order valence-electron chi connectivity index (χ2n) is 5.31. The van der Waals surface area contributed by atoms with Crippen molar-refractivity contribution >= 4 is 7.05 Å². The Labute approximate surface area is 102 Å². The van der Waals surface area contributed by atoms with Crippen molar-refractivity contribution in [3.63, 3.8) is 0 Å². The lowest BCUT2D eigenvalue weighted by molar-refractivity contribution is -0.162. The van der Waals surface area contributed by atoms with Crippen LogP contribution in [0.1, 0.15) is 27.2 Å². The van der Waals surface area contributed by atoms with Gasteiger partial charge in [0.05, 0.1) is 12.5 Å². The molecule has 0 bridgehead atoms. The molecule has 2 saturated heterocycles. The molecule has 0 aromatic rings. The molecule has 94 valence electrons. The number of nitriles is 1. The van der Waals surface area contributed by atoms with E-state index in [2.05, 4.69) is 6.07 Å². The van der Waals surface area contributed by atoms with Gasteiger partial charge in [-0.15, -0.1) is 0 Å². The predicted molar refractivity (Wildman–Crippen MR) is 63.0 cm³/mol. The average Bonchev–Trinajstić information content (AvgIpc) is 2.62. The van der Waals surface area contributed by atoms with Gasteiger partial charge in [0.2, 0.25) is 0 Å². The van der Waals surface area contributed by atoms with Crippen LogP contribution in [0.5, 0.6) is 0 Å². The minimum Gasteiger partial charge on any atom is -0.437 e. The van der Waals surface area contributed by atoms with E-state index in [9.17, 15) is 5.02 Å². The number of fused-ring (bicyclic) bond motifs is 1. The van der Waals surface area contributed by atoms with Crippen LogP contribution in [0.3, 0.4) is 0 Å². The Balaban J connectivity index is 2.24. The van der Waals surface area contributed by atoms with Gasteiger partial charge in [-0.05, 0) is 27.6 Å². The smallest absolute Gasteiger partial charge is 0.377 e. The van der Waals surface area contributed by atoms with Gasteiger partial charge in [-0.1, -0.05) is 0 Å². The van der Waals surface area contributed by atoms with Crippen molar-refractivity contribution in [2.24, 2.45) is 0 Å². The SMILES string of the molecule is CB(O)N1[C@H](C)[C@@H]2OC(C)(C)OC2[C@@H]1CC#N. The molecule has 1 N–H and O–H groups in total. The maximum Gasteiger partial charge on any atom is 0.377 e. The molecule has 0 spiro atoms. The molecular formula is C11H19BN2O3. The van der Waals surface area contributed by atoms with Crippen LogP contribution in [0, 0.1) is 11.3 Å². The Morgan fingerprint density at radius 2 is 2.00 bits per heavy atom. The standard InChI is InChI=1S/C11H19BN2O3/c1-7-9-10(17-11(2,3)16-9)8(5-6-13)14(7)12(4)15/h7-10,15H,5H2,1-4H3/t7-,8+,9+,10?/m1/s1. The fourth-order valence-electron chi connectivity index (χ4n) is 3.06. The lowest BCUT2D eigenvalue weighted by Crippen LogP contribution is -2.49. The van der Waals surface area contributed by atoms with Gasteiger partial charge in [0.1, 0.15) is 12.2 Å². The first-order chi connectivity index (χ1) is 7.87. The van der Waals surface area contributed by atoms with Gasteiger partial charge >= 0.3 is 7.05 Å². The number of hydrogen-bond donors (Lipinski definition) is 1. The highest BCUT2D eigenvalue weighted by atomic mass is 16.8. The van der Waals surface area contributed by atoms with Crippen molar-refractivity contribution in [1.82, 2.24) is 4.81 Å². The first-order valence-corrected chi connectivity index (χ1v) is 6.05. The number of rotatable bonds is 2. The molecule has 0 aliphatic carbocycles. The maximum absolute atomic E-state index is 9.81. The zero-order valence-corrected chi connectivity index (χ0v) is 10.8. The molecule has 1 unspecified atom stereocenters.